The second-order valence-electron chi connectivity index (χ2n) is 5.58. The zero-order valence-electron chi connectivity index (χ0n) is 11.9. The Bertz CT molecular complexity index is 783. The molecule has 120 valence electrons. The van der Waals surface area contributed by atoms with Crippen LogP contribution in [0, 0.1) is 0 Å². The number of carboxylic acid groups (broad SMARTS) is 1. The summed E-state index contributed by atoms with van der Waals surface area (Å²) in [6.45, 7) is 0. The van der Waals surface area contributed by atoms with Crippen LogP contribution in [0.25, 0.3) is 0 Å². The summed E-state index contributed by atoms with van der Waals surface area (Å²) in [5.41, 5.74) is -2.16. The summed E-state index contributed by atoms with van der Waals surface area (Å²) in [6, 6.07) is 9.06. The maximum atomic E-state index is 13.3. The van der Waals surface area contributed by atoms with Crippen LogP contribution >= 0.6 is 0 Å². The Balaban J connectivity index is 2.21. The smallest absolute Gasteiger partial charge is 0.416 e. The molecule has 6 heteroatoms. The number of alkyl halides is 3. The van der Waals surface area contributed by atoms with E-state index in [4.69, 9.17) is 5.11 Å². The van der Waals surface area contributed by atoms with Crippen LogP contribution in [-0.2, 0) is 18.2 Å². The number of aliphatic hydroxyl groups is 1. The molecule has 0 fully saturated rings. The van der Waals surface area contributed by atoms with E-state index in [0.717, 1.165) is 6.07 Å². The van der Waals surface area contributed by atoms with Gasteiger partial charge in [0.05, 0.1) is 11.1 Å². The van der Waals surface area contributed by atoms with Gasteiger partial charge in [-0.1, -0.05) is 24.3 Å². The Morgan fingerprint density at radius 3 is 2.43 bits per heavy atom. The van der Waals surface area contributed by atoms with Crippen LogP contribution in [0.5, 0.6) is 0 Å². The number of halogens is 3. The van der Waals surface area contributed by atoms with Gasteiger partial charge in [-0.3, -0.25) is 0 Å². The fraction of sp³-hybridized carbons (Fsp3) is 0.235. The van der Waals surface area contributed by atoms with Crippen LogP contribution in [0.2, 0.25) is 0 Å². The molecule has 2 N–H and O–H groups in total. The molecule has 1 atom stereocenters. The van der Waals surface area contributed by atoms with Gasteiger partial charge in [-0.2, -0.15) is 13.2 Å². The van der Waals surface area contributed by atoms with Crippen LogP contribution in [0.3, 0.4) is 0 Å². The van der Waals surface area contributed by atoms with Gasteiger partial charge >= 0.3 is 12.1 Å². The Morgan fingerprint density at radius 2 is 1.78 bits per heavy atom. The standard InChI is InChI=1S/C17H13F3O3/c18-17(19,20)13-4-2-1-3-12(13)16(23)8-7-10-5-6-11(15(21)22)9-14(10)16/h1-6,9,23H,7-8H2,(H,21,22). The van der Waals surface area contributed by atoms with E-state index in [2.05, 4.69) is 0 Å². The lowest BCUT2D eigenvalue weighted by Crippen LogP contribution is -2.28. The third-order valence-electron chi connectivity index (χ3n) is 4.24. The summed E-state index contributed by atoms with van der Waals surface area (Å²) in [6.07, 6.45) is -4.13. The molecule has 3 nitrogen and oxygen atoms in total. The number of aryl methyl sites for hydroxylation is 1. The van der Waals surface area contributed by atoms with E-state index in [0.29, 0.717) is 12.0 Å². The minimum absolute atomic E-state index is 0.0615. The van der Waals surface area contributed by atoms with E-state index in [9.17, 15) is 23.1 Å². The molecule has 3 rings (SSSR count). The van der Waals surface area contributed by atoms with Crippen LogP contribution in [0.1, 0.15) is 39.0 Å². The Labute approximate surface area is 130 Å². The number of hydrogen-bond acceptors (Lipinski definition) is 2. The van der Waals surface area contributed by atoms with Crippen molar-refractivity contribution in [3.05, 3.63) is 70.3 Å². The van der Waals surface area contributed by atoms with Crippen molar-refractivity contribution in [1.82, 2.24) is 0 Å². The molecule has 1 aliphatic carbocycles. The predicted molar refractivity (Wildman–Crippen MR) is 76.2 cm³/mol. The summed E-state index contributed by atoms with van der Waals surface area (Å²) in [7, 11) is 0. The first-order valence-corrected chi connectivity index (χ1v) is 6.99. The average molecular weight is 322 g/mol. The molecular weight excluding hydrogens is 309 g/mol. The highest BCUT2D eigenvalue weighted by atomic mass is 19.4. The third-order valence-corrected chi connectivity index (χ3v) is 4.24. The van der Waals surface area contributed by atoms with Gasteiger partial charge in [-0.15, -0.1) is 0 Å². The first-order valence-electron chi connectivity index (χ1n) is 6.99. The van der Waals surface area contributed by atoms with E-state index < -0.39 is 23.3 Å². The lowest BCUT2D eigenvalue weighted by Gasteiger charge is -2.28. The van der Waals surface area contributed by atoms with E-state index >= 15 is 0 Å². The molecule has 1 unspecified atom stereocenters. The van der Waals surface area contributed by atoms with Gasteiger partial charge in [0.25, 0.3) is 0 Å². The molecule has 0 spiro atoms. The van der Waals surface area contributed by atoms with E-state index in [1.54, 1.807) is 6.07 Å². The summed E-state index contributed by atoms with van der Waals surface area (Å²) < 4.78 is 39.8. The number of carboxylic acids is 1. The molecule has 0 amide bonds. The van der Waals surface area contributed by atoms with Crippen molar-refractivity contribution in [3.8, 4) is 0 Å². The van der Waals surface area contributed by atoms with Gasteiger partial charge in [0.15, 0.2) is 0 Å². The second-order valence-corrected chi connectivity index (χ2v) is 5.58. The Morgan fingerprint density at radius 1 is 1.09 bits per heavy atom. The van der Waals surface area contributed by atoms with Gasteiger partial charge < -0.3 is 10.2 Å². The summed E-state index contributed by atoms with van der Waals surface area (Å²) in [5, 5.41) is 20.1. The minimum atomic E-state index is -4.60. The molecule has 2 aromatic rings. The van der Waals surface area contributed by atoms with Gasteiger partial charge in [-0.25, -0.2) is 4.79 Å². The van der Waals surface area contributed by atoms with E-state index in [1.807, 2.05) is 0 Å². The molecule has 0 saturated carbocycles. The average Bonchev–Trinajstić information content (AvgIpc) is 2.84. The minimum Gasteiger partial charge on any atom is -0.478 e. The van der Waals surface area contributed by atoms with Crippen LogP contribution < -0.4 is 0 Å². The molecule has 23 heavy (non-hydrogen) atoms. The SMILES string of the molecule is O=C(O)c1ccc2c(c1)C(O)(c1ccccc1C(F)(F)F)CC2. The Hall–Kier alpha value is -2.34. The van der Waals surface area contributed by atoms with Crippen LogP contribution in [-0.4, -0.2) is 16.2 Å². The quantitative estimate of drug-likeness (QED) is 0.888. The highest BCUT2D eigenvalue weighted by molar-refractivity contribution is 5.88. The highest BCUT2D eigenvalue weighted by Crippen LogP contribution is 2.46. The van der Waals surface area contributed by atoms with Crippen molar-refractivity contribution in [2.75, 3.05) is 0 Å². The summed E-state index contributed by atoms with van der Waals surface area (Å²) in [5.74, 6) is -1.19. The lowest BCUT2D eigenvalue weighted by molar-refractivity contribution is -0.140. The van der Waals surface area contributed by atoms with Gasteiger partial charge in [0, 0.05) is 5.56 Å². The first kappa shape index (κ1) is 15.6. The van der Waals surface area contributed by atoms with Crippen molar-refractivity contribution in [2.45, 2.75) is 24.6 Å². The van der Waals surface area contributed by atoms with Crippen molar-refractivity contribution in [2.24, 2.45) is 0 Å². The van der Waals surface area contributed by atoms with E-state index in [-0.39, 0.29) is 23.1 Å². The molecule has 0 bridgehead atoms. The van der Waals surface area contributed by atoms with Crippen molar-refractivity contribution >= 4 is 5.97 Å². The van der Waals surface area contributed by atoms with Crippen LogP contribution in [0.4, 0.5) is 13.2 Å². The predicted octanol–water partition coefficient (Wildman–Crippen LogP) is 3.59. The number of hydrogen-bond donors (Lipinski definition) is 2. The number of aromatic carboxylic acids is 1. The maximum Gasteiger partial charge on any atom is 0.416 e. The molecule has 2 aromatic carbocycles. The molecule has 0 aromatic heterocycles. The topological polar surface area (TPSA) is 57.5 Å². The molecule has 0 radical (unpaired) electrons. The summed E-state index contributed by atoms with van der Waals surface area (Å²) >= 11 is 0. The number of rotatable bonds is 2. The molecule has 0 aliphatic heterocycles. The highest BCUT2D eigenvalue weighted by Gasteiger charge is 2.45. The number of benzene rings is 2. The zero-order valence-corrected chi connectivity index (χ0v) is 11.9. The number of fused-ring (bicyclic) bond motifs is 1. The largest absolute Gasteiger partial charge is 0.478 e. The Kier molecular flexibility index (Phi) is 3.44. The van der Waals surface area contributed by atoms with Crippen molar-refractivity contribution in [3.63, 3.8) is 0 Å². The van der Waals surface area contributed by atoms with E-state index in [1.165, 1.54) is 30.3 Å². The van der Waals surface area contributed by atoms with Gasteiger partial charge in [0.1, 0.15) is 5.60 Å². The maximum absolute atomic E-state index is 13.3. The molecule has 1 aliphatic rings. The molecule has 0 saturated heterocycles. The second kappa shape index (κ2) is 5.09. The third kappa shape index (κ3) is 2.49. The monoisotopic (exact) mass is 322 g/mol. The first-order chi connectivity index (χ1) is 10.7. The number of carbonyl (C=O) groups is 1. The van der Waals surface area contributed by atoms with Gasteiger partial charge in [-0.05, 0) is 42.2 Å². The fourth-order valence-corrected chi connectivity index (χ4v) is 3.13. The molecule has 0 heterocycles. The van der Waals surface area contributed by atoms with Gasteiger partial charge in [0.2, 0.25) is 0 Å². The van der Waals surface area contributed by atoms with Crippen molar-refractivity contribution < 1.29 is 28.2 Å². The molecular formula is C17H13F3O3. The normalized spacial score (nSPS) is 20.3. The van der Waals surface area contributed by atoms with Crippen molar-refractivity contribution in [1.29, 1.82) is 0 Å². The van der Waals surface area contributed by atoms with Crippen LogP contribution in [0.15, 0.2) is 42.5 Å². The fourth-order valence-electron chi connectivity index (χ4n) is 3.13. The lowest BCUT2D eigenvalue weighted by atomic mass is 9.84. The summed E-state index contributed by atoms with van der Waals surface area (Å²) in [4.78, 5) is 11.1. The zero-order chi connectivity index (χ0) is 16.8.